The molecule has 1 unspecified atom stereocenters. The lowest BCUT2D eigenvalue weighted by Crippen LogP contribution is -2.63. The van der Waals surface area contributed by atoms with Gasteiger partial charge in [0, 0.05) is 24.4 Å². The number of hydrogen-bond acceptors (Lipinski definition) is 5. The van der Waals surface area contributed by atoms with Crippen LogP contribution >= 0.6 is 0 Å². The third-order valence-corrected chi connectivity index (χ3v) is 10.1. The number of aliphatic hydroxyl groups is 2. The van der Waals surface area contributed by atoms with Gasteiger partial charge in [0.1, 0.15) is 12.6 Å². The minimum atomic E-state index is -0.657. The predicted octanol–water partition coefficient (Wildman–Crippen LogP) is 4.74. The summed E-state index contributed by atoms with van der Waals surface area (Å²) in [6.45, 7) is 9.44. The molecule has 1 aromatic carbocycles. The molecule has 0 aliphatic heterocycles. The number of carbonyl (C=O) groups excluding carboxylic acids is 1. The van der Waals surface area contributed by atoms with Crippen molar-refractivity contribution in [3.05, 3.63) is 35.9 Å². The summed E-state index contributed by atoms with van der Waals surface area (Å²) in [5, 5.41) is 21.9. The van der Waals surface area contributed by atoms with Crippen LogP contribution in [0.15, 0.2) is 30.3 Å². The summed E-state index contributed by atoms with van der Waals surface area (Å²) < 4.78 is 12.4. The Hall–Kier alpha value is -1.27. The van der Waals surface area contributed by atoms with E-state index in [4.69, 9.17) is 9.47 Å². The van der Waals surface area contributed by atoms with Gasteiger partial charge in [0.05, 0.1) is 18.8 Å². The Morgan fingerprint density at radius 1 is 1.15 bits per heavy atom. The first kappa shape index (κ1) is 24.8. The number of Topliss-reactive ketones (excluding diaryl/α,β-unsaturated/α-hetero) is 1. The van der Waals surface area contributed by atoms with Crippen LogP contribution in [-0.2, 0) is 20.9 Å². The Labute approximate surface area is 198 Å². The van der Waals surface area contributed by atoms with Crippen LogP contribution in [0, 0.1) is 34.0 Å². The molecule has 3 saturated carbocycles. The van der Waals surface area contributed by atoms with Gasteiger partial charge in [0.2, 0.25) is 0 Å². The van der Waals surface area contributed by atoms with Gasteiger partial charge in [0.15, 0.2) is 0 Å². The first-order valence-electron chi connectivity index (χ1n) is 12.8. The third-order valence-electron chi connectivity index (χ3n) is 10.1. The fraction of sp³-hybridized carbons (Fsp3) is 0.750. The van der Waals surface area contributed by atoms with E-state index in [-0.39, 0.29) is 53.9 Å². The van der Waals surface area contributed by atoms with E-state index in [1.54, 1.807) is 0 Å². The second kappa shape index (κ2) is 9.41. The molecule has 3 aliphatic carbocycles. The van der Waals surface area contributed by atoms with E-state index in [0.717, 1.165) is 31.2 Å². The maximum atomic E-state index is 13.3. The van der Waals surface area contributed by atoms with E-state index in [1.165, 1.54) is 0 Å². The third kappa shape index (κ3) is 3.99. The van der Waals surface area contributed by atoms with Gasteiger partial charge in [-0.1, -0.05) is 58.0 Å². The molecular formula is C28H42O5. The first-order chi connectivity index (χ1) is 15.7. The zero-order chi connectivity index (χ0) is 23.9. The molecule has 0 heterocycles. The van der Waals surface area contributed by atoms with E-state index in [2.05, 4.69) is 27.7 Å². The lowest BCUT2D eigenvalue weighted by molar-refractivity contribution is -0.231. The highest BCUT2D eigenvalue weighted by molar-refractivity contribution is 5.85. The Morgan fingerprint density at radius 3 is 2.55 bits per heavy atom. The van der Waals surface area contributed by atoms with Crippen LogP contribution in [0.4, 0.5) is 0 Å². The normalized spacial score (nSPS) is 43.1. The molecule has 0 amide bonds. The van der Waals surface area contributed by atoms with Gasteiger partial charge in [-0.05, 0) is 60.3 Å². The molecule has 2 bridgehead atoms. The van der Waals surface area contributed by atoms with Gasteiger partial charge >= 0.3 is 0 Å². The lowest BCUT2D eigenvalue weighted by Gasteiger charge is -2.62. The van der Waals surface area contributed by atoms with E-state index < -0.39 is 11.5 Å². The van der Waals surface area contributed by atoms with Crippen molar-refractivity contribution < 1.29 is 24.5 Å². The zero-order valence-electron chi connectivity index (χ0n) is 20.8. The molecular weight excluding hydrogens is 416 g/mol. The van der Waals surface area contributed by atoms with E-state index in [1.807, 2.05) is 30.3 Å². The van der Waals surface area contributed by atoms with Crippen LogP contribution in [0.2, 0.25) is 0 Å². The Bertz CT molecular complexity index is 827. The molecule has 4 rings (SSSR count). The maximum Gasteiger partial charge on any atom is 0.147 e. The van der Waals surface area contributed by atoms with Gasteiger partial charge in [-0.3, -0.25) is 4.79 Å². The molecule has 1 aromatic rings. The molecule has 2 N–H and O–H groups in total. The Morgan fingerprint density at radius 2 is 1.88 bits per heavy atom. The average Bonchev–Trinajstić information content (AvgIpc) is 3.17. The minimum absolute atomic E-state index is 0.0257. The Balaban J connectivity index is 1.63. The number of hydrogen-bond donors (Lipinski definition) is 2. The summed E-state index contributed by atoms with van der Waals surface area (Å²) in [5.41, 5.74) is 0.0648. The number of rotatable bonds is 7. The monoisotopic (exact) mass is 458 g/mol. The quantitative estimate of drug-likeness (QED) is 0.456. The fourth-order valence-electron chi connectivity index (χ4n) is 7.89. The molecule has 8 atom stereocenters. The summed E-state index contributed by atoms with van der Waals surface area (Å²) in [6.07, 6.45) is 3.82. The number of ketones is 1. The Kier molecular flexibility index (Phi) is 7.08. The van der Waals surface area contributed by atoms with Crippen LogP contribution in [0.1, 0.15) is 71.8 Å². The number of benzene rings is 1. The van der Waals surface area contributed by atoms with Crippen molar-refractivity contribution in [1.29, 1.82) is 0 Å². The van der Waals surface area contributed by atoms with Crippen molar-refractivity contribution in [2.75, 3.05) is 13.4 Å². The van der Waals surface area contributed by atoms with E-state index >= 15 is 0 Å². The largest absolute Gasteiger partial charge is 0.396 e. The molecule has 5 nitrogen and oxygen atoms in total. The summed E-state index contributed by atoms with van der Waals surface area (Å²) in [4.78, 5) is 13.3. The second-order valence-electron chi connectivity index (χ2n) is 11.5. The van der Waals surface area contributed by atoms with Crippen LogP contribution in [0.5, 0.6) is 0 Å². The summed E-state index contributed by atoms with van der Waals surface area (Å²) in [6, 6.07) is 10.1. The summed E-state index contributed by atoms with van der Waals surface area (Å²) in [5.74, 6) is 0.151. The van der Waals surface area contributed by atoms with Gasteiger partial charge < -0.3 is 19.7 Å². The van der Waals surface area contributed by atoms with Crippen molar-refractivity contribution in [3.63, 3.8) is 0 Å². The first-order valence-corrected chi connectivity index (χ1v) is 12.8. The van der Waals surface area contributed by atoms with Crippen molar-refractivity contribution >= 4 is 5.78 Å². The molecule has 0 saturated heterocycles. The highest BCUT2D eigenvalue weighted by Gasteiger charge is 2.68. The molecule has 3 aliphatic rings. The van der Waals surface area contributed by atoms with Gasteiger partial charge in [-0.25, -0.2) is 0 Å². The van der Waals surface area contributed by atoms with Gasteiger partial charge in [-0.2, -0.15) is 0 Å². The maximum absolute atomic E-state index is 13.3. The number of aliphatic hydroxyl groups excluding tert-OH is 2. The molecule has 184 valence electrons. The van der Waals surface area contributed by atoms with Gasteiger partial charge in [-0.15, -0.1) is 0 Å². The standard InChI is InChI=1S/C28H42O5/c1-5-26(3)15-23(31)27(4)21(16-29)11-13-28(14-12-22(30)24(27)28)19(2)25(26)33-18-32-17-20-9-7-6-8-10-20/h6-10,19,21,23-25,29,31H,5,11-18H2,1-4H3/t19-,21+,23-,24?,25+,26-,27+,28+/m1/s1. The number of carbonyl (C=O) groups is 1. The molecule has 0 aromatic heterocycles. The zero-order valence-corrected chi connectivity index (χ0v) is 20.8. The molecule has 3 fully saturated rings. The molecule has 0 radical (unpaired) electrons. The van der Waals surface area contributed by atoms with E-state index in [9.17, 15) is 15.0 Å². The van der Waals surface area contributed by atoms with E-state index in [0.29, 0.717) is 19.4 Å². The topological polar surface area (TPSA) is 76.0 Å². The number of ether oxygens (including phenoxy) is 2. The second-order valence-corrected chi connectivity index (χ2v) is 11.5. The molecule has 5 heteroatoms. The highest BCUT2D eigenvalue weighted by Crippen LogP contribution is 2.68. The van der Waals surface area contributed by atoms with Crippen molar-refractivity contribution in [2.24, 2.45) is 34.0 Å². The van der Waals surface area contributed by atoms with Crippen LogP contribution in [0.25, 0.3) is 0 Å². The van der Waals surface area contributed by atoms with Gasteiger partial charge in [0.25, 0.3) is 0 Å². The van der Waals surface area contributed by atoms with Crippen LogP contribution < -0.4 is 0 Å². The fourth-order valence-corrected chi connectivity index (χ4v) is 7.89. The van der Waals surface area contributed by atoms with Crippen molar-refractivity contribution in [1.82, 2.24) is 0 Å². The van der Waals surface area contributed by atoms with Crippen molar-refractivity contribution in [2.45, 2.75) is 85.0 Å². The summed E-state index contributed by atoms with van der Waals surface area (Å²) in [7, 11) is 0. The highest BCUT2D eigenvalue weighted by atomic mass is 16.7. The smallest absolute Gasteiger partial charge is 0.147 e. The lowest BCUT2D eigenvalue weighted by atomic mass is 9.43. The molecule has 33 heavy (non-hydrogen) atoms. The minimum Gasteiger partial charge on any atom is -0.396 e. The SMILES string of the molecule is CC[C@]1(C)C[C@@H](O)[C@@]2(C)C3C(=O)CC[C@@]3(CC[C@H]2CO)[C@H](C)[C@@H]1OCOCc1ccccc1. The predicted molar refractivity (Wildman–Crippen MR) is 127 cm³/mol. The summed E-state index contributed by atoms with van der Waals surface area (Å²) >= 11 is 0. The molecule has 0 spiro atoms. The average molecular weight is 459 g/mol. The van der Waals surface area contributed by atoms with Crippen LogP contribution in [-0.4, -0.2) is 41.6 Å². The van der Waals surface area contributed by atoms with Crippen LogP contribution in [0.3, 0.4) is 0 Å². The van der Waals surface area contributed by atoms with Crippen molar-refractivity contribution in [3.8, 4) is 0 Å².